The highest BCUT2D eigenvalue weighted by Crippen LogP contribution is 2.15. The molecule has 1 unspecified atom stereocenters. The van der Waals surface area contributed by atoms with E-state index >= 15 is 0 Å². The summed E-state index contributed by atoms with van der Waals surface area (Å²) in [5.41, 5.74) is -0.929. The Morgan fingerprint density at radius 2 is 2.19 bits per heavy atom. The zero-order valence-corrected chi connectivity index (χ0v) is 10.4. The van der Waals surface area contributed by atoms with Gasteiger partial charge in [0, 0.05) is 19.8 Å². The summed E-state index contributed by atoms with van der Waals surface area (Å²) >= 11 is 0. The molecule has 7 heteroatoms. The second kappa shape index (κ2) is 4.68. The Balaban J connectivity index is 2.52. The molecule has 1 saturated heterocycles. The number of hydrogen-bond donors (Lipinski definition) is 2. The van der Waals surface area contributed by atoms with Crippen LogP contribution < -0.4 is 5.32 Å². The van der Waals surface area contributed by atoms with E-state index in [9.17, 15) is 18.3 Å². The van der Waals surface area contributed by atoms with E-state index in [1.807, 2.05) is 0 Å². The van der Waals surface area contributed by atoms with E-state index in [1.165, 1.54) is 11.9 Å². The molecule has 0 bridgehead atoms. The standard InChI is InChI=1S/C9H18N2O4S/c1-11(8(12)5-16(2,14)15)7-9(13)3-4-10-6-9/h10,13H,3-7H2,1-2H3. The lowest BCUT2D eigenvalue weighted by atomic mass is 10.0. The Hall–Kier alpha value is -0.660. The lowest BCUT2D eigenvalue weighted by Crippen LogP contribution is -2.46. The minimum atomic E-state index is -3.31. The first kappa shape index (κ1) is 13.4. The Morgan fingerprint density at radius 3 is 2.62 bits per heavy atom. The van der Waals surface area contributed by atoms with Gasteiger partial charge in [-0.25, -0.2) is 8.42 Å². The topological polar surface area (TPSA) is 86.7 Å². The fourth-order valence-corrected chi connectivity index (χ4v) is 2.40. The molecule has 2 N–H and O–H groups in total. The number of aliphatic hydroxyl groups is 1. The van der Waals surface area contributed by atoms with Gasteiger partial charge in [-0.1, -0.05) is 0 Å². The van der Waals surface area contributed by atoms with Gasteiger partial charge in [0.15, 0.2) is 9.84 Å². The molecule has 16 heavy (non-hydrogen) atoms. The van der Waals surface area contributed by atoms with E-state index in [0.717, 1.165) is 6.26 Å². The Kier molecular flexibility index (Phi) is 3.92. The van der Waals surface area contributed by atoms with Crippen molar-refractivity contribution in [1.29, 1.82) is 0 Å². The molecule has 0 aromatic carbocycles. The van der Waals surface area contributed by atoms with Crippen molar-refractivity contribution >= 4 is 15.7 Å². The highest BCUT2D eigenvalue weighted by Gasteiger charge is 2.33. The van der Waals surface area contributed by atoms with Crippen LogP contribution in [-0.2, 0) is 14.6 Å². The Morgan fingerprint density at radius 1 is 1.56 bits per heavy atom. The number of hydrogen-bond acceptors (Lipinski definition) is 5. The number of sulfone groups is 1. The predicted molar refractivity (Wildman–Crippen MR) is 59.8 cm³/mol. The number of nitrogens with one attached hydrogen (secondary N) is 1. The molecular formula is C9H18N2O4S. The van der Waals surface area contributed by atoms with Gasteiger partial charge in [0.25, 0.3) is 0 Å². The summed E-state index contributed by atoms with van der Waals surface area (Å²) < 4.78 is 21.9. The van der Waals surface area contributed by atoms with Crippen molar-refractivity contribution < 1.29 is 18.3 Å². The number of likely N-dealkylation sites (N-methyl/N-ethyl adjacent to an activating group) is 1. The molecule has 1 amide bonds. The smallest absolute Gasteiger partial charge is 0.237 e. The average molecular weight is 250 g/mol. The van der Waals surface area contributed by atoms with Gasteiger partial charge in [0.1, 0.15) is 5.75 Å². The van der Waals surface area contributed by atoms with Crippen LogP contribution in [0.1, 0.15) is 6.42 Å². The summed E-state index contributed by atoms with van der Waals surface area (Å²) in [7, 11) is -1.81. The van der Waals surface area contributed by atoms with Gasteiger partial charge in [-0.15, -0.1) is 0 Å². The van der Waals surface area contributed by atoms with Crippen LogP contribution >= 0.6 is 0 Å². The van der Waals surface area contributed by atoms with Crippen LogP contribution in [0.15, 0.2) is 0 Å². The van der Waals surface area contributed by atoms with Crippen molar-refractivity contribution in [3.05, 3.63) is 0 Å². The fraction of sp³-hybridized carbons (Fsp3) is 0.889. The third-order valence-electron chi connectivity index (χ3n) is 2.56. The van der Waals surface area contributed by atoms with Crippen LogP contribution in [0.3, 0.4) is 0 Å². The molecule has 6 nitrogen and oxygen atoms in total. The van der Waals surface area contributed by atoms with Gasteiger partial charge in [0.05, 0.1) is 12.1 Å². The van der Waals surface area contributed by atoms with Gasteiger partial charge in [-0.2, -0.15) is 0 Å². The van der Waals surface area contributed by atoms with Gasteiger partial charge >= 0.3 is 0 Å². The SMILES string of the molecule is CN(CC1(O)CCNC1)C(=O)CS(C)(=O)=O. The molecule has 1 rings (SSSR count). The molecule has 1 aliphatic heterocycles. The van der Waals surface area contributed by atoms with Crippen molar-refractivity contribution in [2.75, 3.05) is 38.7 Å². The number of amides is 1. The monoisotopic (exact) mass is 250 g/mol. The number of rotatable bonds is 4. The molecule has 1 fully saturated rings. The molecule has 1 atom stereocenters. The highest BCUT2D eigenvalue weighted by molar-refractivity contribution is 7.91. The maximum Gasteiger partial charge on any atom is 0.237 e. The summed E-state index contributed by atoms with van der Waals surface area (Å²) in [6.07, 6.45) is 1.59. The Labute approximate surface area is 95.5 Å². The number of nitrogens with zero attached hydrogens (tertiary/aromatic N) is 1. The van der Waals surface area contributed by atoms with E-state index in [4.69, 9.17) is 0 Å². The second-order valence-electron chi connectivity index (χ2n) is 4.47. The molecule has 1 aliphatic rings. The summed E-state index contributed by atoms with van der Waals surface area (Å²) in [4.78, 5) is 12.8. The van der Waals surface area contributed by atoms with Crippen LogP contribution in [0.4, 0.5) is 0 Å². The maximum absolute atomic E-state index is 11.5. The molecule has 1 heterocycles. The van der Waals surface area contributed by atoms with Crippen molar-refractivity contribution in [3.8, 4) is 0 Å². The van der Waals surface area contributed by atoms with Crippen LogP contribution in [-0.4, -0.2) is 68.6 Å². The first-order chi connectivity index (χ1) is 7.22. The number of carbonyl (C=O) groups excluding carboxylic acids is 1. The van der Waals surface area contributed by atoms with Crippen molar-refractivity contribution in [1.82, 2.24) is 10.2 Å². The second-order valence-corrected chi connectivity index (χ2v) is 6.61. The minimum absolute atomic E-state index is 0.161. The minimum Gasteiger partial charge on any atom is -0.387 e. The lowest BCUT2D eigenvalue weighted by molar-refractivity contribution is -0.130. The number of carbonyl (C=O) groups is 1. The first-order valence-corrected chi connectivity index (χ1v) is 7.13. The van der Waals surface area contributed by atoms with E-state index in [-0.39, 0.29) is 6.54 Å². The zero-order valence-electron chi connectivity index (χ0n) is 9.56. The summed E-state index contributed by atoms with van der Waals surface area (Å²) in [5, 5.41) is 13.0. The van der Waals surface area contributed by atoms with Crippen LogP contribution in [0.25, 0.3) is 0 Å². The fourth-order valence-electron chi connectivity index (χ4n) is 1.73. The van der Waals surface area contributed by atoms with Crippen LogP contribution in [0, 0.1) is 0 Å². The largest absolute Gasteiger partial charge is 0.387 e. The van der Waals surface area contributed by atoms with Crippen LogP contribution in [0.5, 0.6) is 0 Å². The van der Waals surface area contributed by atoms with E-state index in [1.54, 1.807) is 0 Å². The number of β-amino-alcohol motifs (C(OH)–C–C–N with tert-alkyl or cyclic N) is 1. The third kappa shape index (κ3) is 4.07. The molecule has 0 aliphatic carbocycles. The van der Waals surface area contributed by atoms with Gasteiger partial charge in [0.2, 0.25) is 5.91 Å². The molecule has 0 spiro atoms. The quantitative estimate of drug-likeness (QED) is 0.615. The first-order valence-electron chi connectivity index (χ1n) is 5.07. The highest BCUT2D eigenvalue weighted by atomic mass is 32.2. The molecule has 0 radical (unpaired) electrons. The molecule has 94 valence electrons. The predicted octanol–water partition coefficient (Wildman–Crippen LogP) is -1.79. The van der Waals surface area contributed by atoms with Gasteiger partial charge < -0.3 is 15.3 Å². The van der Waals surface area contributed by atoms with E-state index < -0.39 is 27.1 Å². The van der Waals surface area contributed by atoms with Crippen molar-refractivity contribution in [2.24, 2.45) is 0 Å². The van der Waals surface area contributed by atoms with Crippen molar-refractivity contribution in [3.63, 3.8) is 0 Å². The summed E-state index contributed by atoms with van der Waals surface area (Å²) in [5.74, 6) is -0.990. The molecule has 0 aromatic rings. The molecule has 0 saturated carbocycles. The van der Waals surface area contributed by atoms with E-state index in [2.05, 4.69) is 5.32 Å². The van der Waals surface area contributed by atoms with Gasteiger partial charge in [-0.3, -0.25) is 4.79 Å². The lowest BCUT2D eigenvalue weighted by Gasteiger charge is -2.27. The van der Waals surface area contributed by atoms with Gasteiger partial charge in [-0.05, 0) is 13.0 Å². The van der Waals surface area contributed by atoms with Crippen molar-refractivity contribution in [2.45, 2.75) is 12.0 Å². The van der Waals surface area contributed by atoms with E-state index in [0.29, 0.717) is 19.5 Å². The Bertz CT molecular complexity index is 360. The zero-order chi connectivity index (χ0) is 12.4. The molecule has 0 aromatic heterocycles. The summed E-state index contributed by atoms with van der Waals surface area (Å²) in [6.45, 7) is 1.31. The van der Waals surface area contributed by atoms with Crippen LogP contribution in [0.2, 0.25) is 0 Å². The average Bonchev–Trinajstić information content (AvgIpc) is 2.48. The normalized spacial score (nSPS) is 25.7. The third-order valence-corrected chi connectivity index (χ3v) is 3.34. The maximum atomic E-state index is 11.5. The molecular weight excluding hydrogens is 232 g/mol. The summed E-state index contributed by atoms with van der Waals surface area (Å²) in [6, 6.07) is 0.